The standard InChI is InChI=1S/C23H30N2O5/c1-12-19(14(3)26)13(2)24-20(12)18(28)10-30-21(29)22-6-16-5-17(7-22)9-23(8-16,11-22)25-15(4)27/h16-17,24H,5-11H2,1-4H3,(H,25,27). The van der Waals surface area contributed by atoms with Crippen LogP contribution < -0.4 is 5.32 Å². The van der Waals surface area contributed by atoms with Crippen LogP contribution in [-0.4, -0.2) is 40.6 Å². The maximum atomic E-state index is 13.2. The van der Waals surface area contributed by atoms with Crippen molar-refractivity contribution < 1.29 is 23.9 Å². The van der Waals surface area contributed by atoms with E-state index in [1.807, 2.05) is 0 Å². The first-order valence-corrected chi connectivity index (χ1v) is 10.7. The molecular formula is C23H30N2O5. The molecule has 162 valence electrons. The Hall–Kier alpha value is -2.44. The highest BCUT2D eigenvalue weighted by Crippen LogP contribution is 2.62. The highest BCUT2D eigenvalue weighted by atomic mass is 16.5. The van der Waals surface area contributed by atoms with Crippen LogP contribution in [0.1, 0.15) is 84.5 Å². The van der Waals surface area contributed by atoms with Crippen LogP contribution in [-0.2, 0) is 14.3 Å². The van der Waals surface area contributed by atoms with Gasteiger partial charge in [0.05, 0.1) is 11.1 Å². The number of ether oxygens (including phenoxy) is 1. The van der Waals surface area contributed by atoms with Crippen molar-refractivity contribution in [2.45, 2.75) is 71.8 Å². The number of aromatic amines is 1. The van der Waals surface area contributed by atoms with Crippen LogP contribution in [0.2, 0.25) is 0 Å². The van der Waals surface area contributed by atoms with Gasteiger partial charge in [-0.25, -0.2) is 0 Å². The van der Waals surface area contributed by atoms with E-state index in [1.165, 1.54) is 13.8 Å². The lowest BCUT2D eigenvalue weighted by molar-refractivity contribution is -0.174. The summed E-state index contributed by atoms with van der Waals surface area (Å²) in [6.07, 6.45) is 5.08. The van der Waals surface area contributed by atoms with Gasteiger partial charge >= 0.3 is 5.97 Å². The average molecular weight is 415 g/mol. The Balaban J connectivity index is 1.48. The predicted molar refractivity (Wildman–Crippen MR) is 109 cm³/mol. The molecule has 0 saturated heterocycles. The second kappa shape index (κ2) is 7.06. The summed E-state index contributed by atoms with van der Waals surface area (Å²) in [6, 6.07) is 0. The molecule has 5 rings (SSSR count). The van der Waals surface area contributed by atoms with Crippen molar-refractivity contribution in [1.29, 1.82) is 0 Å². The number of ketones is 2. The molecule has 30 heavy (non-hydrogen) atoms. The number of hydrogen-bond donors (Lipinski definition) is 2. The van der Waals surface area contributed by atoms with Gasteiger partial charge in [-0.2, -0.15) is 0 Å². The lowest BCUT2D eigenvalue weighted by atomic mass is 9.47. The van der Waals surface area contributed by atoms with Crippen molar-refractivity contribution in [3.05, 3.63) is 22.5 Å². The van der Waals surface area contributed by atoms with E-state index in [-0.39, 0.29) is 35.6 Å². The number of Topliss-reactive ketones (excluding diaryl/α,β-unsaturated/α-hetero) is 2. The van der Waals surface area contributed by atoms with E-state index < -0.39 is 5.41 Å². The van der Waals surface area contributed by atoms with Crippen molar-refractivity contribution in [1.82, 2.24) is 10.3 Å². The van der Waals surface area contributed by atoms with Gasteiger partial charge in [-0.15, -0.1) is 0 Å². The van der Waals surface area contributed by atoms with Gasteiger partial charge in [-0.1, -0.05) is 0 Å². The van der Waals surface area contributed by atoms with E-state index in [4.69, 9.17) is 4.74 Å². The van der Waals surface area contributed by atoms with Crippen LogP contribution >= 0.6 is 0 Å². The zero-order chi connectivity index (χ0) is 21.8. The zero-order valence-electron chi connectivity index (χ0n) is 18.1. The van der Waals surface area contributed by atoms with E-state index in [2.05, 4.69) is 10.3 Å². The molecule has 4 aliphatic rings. The number of carbonyl (C=O) groups excluding carboxylic acids is 4. The zero-order valence-corrected chi connectivity index (χ0v) is 18.1. The fourth-order valence-electron chi connectivity index (χ4n) is 6.93. The normalized spacial score (nSPS) is 31.5. The SMILES string of the molecule is CC(=O)NC12CC3CC(C1)CC(C(=O)OCC(=O)c1[nH]c(C)c(C(C)=O)c1C)(C3)C2. The summed E-state index contributed by atoms with van der Waals surface area (Å²) in [6.45, 7) is 6.13. The first kappa shape index (κ1) is 20.8. The molecule has 0 aromatic carbocycles. The van der Waals surface area contributed by atoms with E-state index in [0.29, 0.717) is 40.8 Å². The third kappa shape index (κ3) is 3.38. The molecule has 1 amide bonds. The molecular weight excluding hydrogens is 384 g/mol. The Bertz CT molecular complexity index is 930. The Morgan fingerprint density at radius 3 is 2.23 bits per heavy atom. The number of esters is 1. The summed E-state index contributed by atoms with van der Waals surface area (Å²) >= 11 is 0. The number of aromatic nitrogens is 1. The lowest BCUT2D eigenvalue weighted by Gasteiger charge is -2.60. The largest absolute Gasteiger partial charge is 0.457 e. The van der Waals surface area contributed by atoms with Crippen LogP contribution in [0.5, 0.6) is 0 Å². The Morgan fingerprint density at radius 1 is 1.07 bits per heavy atom. The van der Waals surface area contributed by atoms with Crippen LogP contribution in [0.4, 0.5) is 0 Å². The lowest BCUT2D eigenvalue weighted by Crippen LogP contribution is -2.64. The van der Waals surface area contributed by atoms with Crippen molar-refractivity contribution in [3.63, 3.8) is 0 Å². The topological polar surface area (TPSA) is 105 Å². The van der Waals surface area contributed by atoms with Gasteiger partial charge in [0.25, 0.3) is 0 Å². The van der Waals surface area contributed by atoms with Crippen LogP contribution in [0, 0.1) is 31.1 Å². The minimum Gasteiger partial charge on any atom is -0.457 e. The van der Waals surface area contributed by atoms with Gasteiger partial charge < -0.3 is 15.0 Å². The number of H-pyrrole nitrogens is 1. The second-order valence-corrected chi connectivity index (χ2v) is 9.88. The first-order chi connectivity index (χ1) is 14.0. The summed E-state index contributed by atoms with van der Waals surface area (Å²) < 4.78 is 5.55. The van der Waals surface area contributed by atoms with Crippen molar-refractivity contribution in [2.24, 2.45) is 17.3 Å². The van der Waals surface area contributed by atoms with Gasteiger partial charge in [-0.3, -0.25) is 19.2 Å². The minimum atomic E-state index is -0.613. The summed E-state index contributed by atoms with van der Waals surface area (Å²) in [5, 5.41) is 3.13. The van der Waals surface area contributed by atoms with Crippen LogP contribution in [0.3, 0.4) is 0 Å². The quantitative estimate of drug-likeness (QED) is 0.550. The van der Waals surface area contributed by atoms with Gasteiger partial charge in [-0.05, 0) is 76.7 Å². The molecule has 0 aliphatic heterocycles. The molecule has 2 unspecified atom stereocenters. The molecule has 4 aliphatic carbocycles. The second-order valence-electron chi connectivity index (χ2n) is 9.88. The fourth-order valence-corrected chi connectivity index (χ4v) is 6.93. The Kier molecular flexibility index (Phi) is 4.90. The minimum absolute atomic E-state index is 0.0606. The molecule has 2 N–H and O–H groups in total. The molecule has 4 bridgehead atoms. The number of amides is 1. The van der Waals surface area contributed by atoms with Crippen molar-refractivity contribution in [3.8, 4) is 0 Å². The van der Waals surface area contributed by atoms with Gasteiger partial charge in [0.2, 0.25) is 11.7 Å². The van der Waals surface area contributed by atoms with E-state index in [0.717, 1.165) is 32.1 Å². The Labute approximate surface area is 176 Å². The number of hydrogen-bond acceptors (Lipinski definition) is 5. The highest BCUT2D eigenvalue weighted by molar-refractivity contribution is 6.04. The number of rotatable bonds is 6. The van der Waals surface area contributed by atoms with Gasteiger partial charge in [0.1, 0.15) is 0 Å². The van der Waals surface area contributed by atoms with Gasteiger partial charge in [0, 0.05) is 23.7 Å². The van der Waals surface area contributed by atoms with E-state index in [9.17, 15) is 19.2 Å². The average Bonchev–Trinajstić information content (AvgIpc) is 2.91. The Morgan fingerprint density at radius 2 is 1.70 bits per heavy atom. The molecule has 7 nitrogen and oxygen atoms in total. The van der Waals surface area contributed by atoms with Crippen molar-refractivity contribution in [2.75, 3.05) is 6.61 Å². The summed E-state index contributed by atoms with van der Waals surface area (Å²) in [5.74, 6) is -0.00523. The maximum absolute atomic E-state index is 13.2. The van der Waals surface area contributed by atoms with Crippen molar-refractivity contribution >= 4 is 23.4 Å². The summed E-state index contributed by atoms with van der Waals surface area (Å²) in [4.78, 5) is 52.5. The maximum Gasteiger partial charge on any atom is 0.312 e. The van der Waals surface area contributed by atoms with Crippen LogP contribution in [0.25, 0.3) is 0 Å². The predicted octanol–water partition coefficient (Wildman–Crippen LogP) is 3.04. The van der Waals surface area contributed by atoms with E-state index >= 15 is 0 Å². The van der Waals surface area contributed by atoms with Gasteiger partial charge in [0.15, 0.2) is 12.4 Å². The number of nitrogens with one attached hydrogen (secondary N) is 2. The molecule has 1 aromatic heterocycles. The molecule has 7 heteroatoms. The monoisotopic (exact) mass is 414 g/mol. The molecule has 1 aromatic rings. The molecule has 0 radical (unpaired) electrons. The number of aryl methyl sites for hydroxylation is 1. The van der Waals surface area contributed by atoms with E-state index in [1.54, 1.807) is 13.8 Å². The molecule has 0 spiro atoms. The highest BCUT2D eigenvalue weighted by Gasteiger charge is 2.61. The van der Waals surface area contributed by atoms with Crippen LogP contribution in [0.15, 0.2) is 0 Å². The summed E-state index contributed by atoms with van der Waals surface area (Å²) in [7, 11) is 0. The molecule has 2 atom stereocenters. The molecule has 4 fully saturated rings. The fraction of sp³-hybridized carbons (Fsp3) is 0.652. The third-order valence-corrected chi connectivity index (χ3v) is 7.34. The molecule has 1 heterocycles. The smallest absolute Gasteiger partial charge is 0.312 e. The first-order valence-electron chi connectivity index (χ1n) is 10.7. The number of carbonyl (C=O) groups is 4. The third-order valence-electron chi connectivity index (χ3n) is 7.34. The molecule has 4 saturated carbocycles. The summed E-state index contributed by atoms with van der Waals surface area (Å²) in [5.41, 5.74) is 1.16.